The van der Waals surface area contributed by atoms with Gasteiger partial charge in [-0.1, -0.05) is 16.8 Å². The van der Waals surface area contributed by atoms with Crippen molar-refractivity contribution in [1.29, 1.82) is 0 Å². The van der Waals surface area contributed by atoms with Crippen LogP contribution in [0.5, 0.6) is 5.75 Å². The average molecular weight is 426 g/mol. The Morgan fingerprint density at radius 3 is 2.72 bits per heavy atom. The Kier molecular flexibility index (Phi) is 5.45. The average Bonchev–Trinajstić information content (AvgIpc) is 3.05. The third kappa shape index (κ3) is 4.64. The van der Waals surface area contributed by atoms with E-state index in [4.69, 9.17) is 20.9 Å². The summed E-state index contributed by atoms with van der Waals surface area (Å²) in [5.41, 5.74) is 0.629. The number of carbonyl (C=O) groups is 1. The highest BCUT2D eigenvalue weighted by Gasteiger charge is 2.13. The van der Waals surface area contributed by atoms with Crippen molar-refractivity contribution in [1.82, 2.24) is 10.1 Å². The van der Waals surface area contributed by atoms with Crippen LogP contribution < -0.4 is 4.74 Å². The van der Waals surface area contributed by atoms with Gasteiger partial charge in [-0.05, 0) is 58.4 Å². The van der Waals surface area contributed by atoms with Gasteiger partial charge < -0.3 is 9.26 Å². The Hall–Kier alpha value is -2.25. The zero-order valence-electron chi connectivity index (χ0n) is 12.7. The van der Waals surface area contributed by atoms with Gasteiger partial charge in [0.25, 0.3) is 0 Å². The number of hydrogen-bond acceptors (Lipinski definition) is 5. The van der Waals surface area contributed by atoms with Gasteiger partial charge in [0.1, 0.15) is 11.6 Å². The van der Waals surface area contributed by atoms with Crippen LogP contribution in [0.3, 0.4) is 0 Å². The molecule has 0 aliphatic carbocycles. The molecular weight excluding hydrogens is 415 g/mol. The van der Waals surface area contributed by atoms with Gasteiger partial charge in [0.05, 0.1) is 10.9 Å². The first kappa shape index (κ1) is 17.6. The summed E-state index contributed by atoms with van der Waals surface area (Å²) in [6.45, 7) is 0. The maximum atomic E-state index is 12.9. The lowest BCUT2D eigenvalue weighted by Crippen LogP contribution is -2.09. The van der Waals surface area contributed by atoms with E-state index in [1.165, 1.54) is 12.1 Å². The molecule has 0 radical (unpaired) electrons. The number of aromatic nitrogens is 2. The molecule has 0 amide bonds. The van der Waals surface area contributed by atoms with Crippen LogP contribution in [0.1, 0.15) is 12.3 Å². The Morgan fingerprint density at radius 2 is 2.00 bits per heavy atom. The topological polar surface area (TPSA) is 65.2 Å². The number of nitrogens with zero attached hydrogens (tertiary/aromatic N) is 2. The summed E-state index contributed by atoms with van der Waals surface area (Å²) >= 11 is 9.11. The van der Waals surface area contributed by atoms with Crippen LogP contribution in [0.4, 0.5) is 4.39 Å². The molecule has 1 heterocycles. The highest BCUT2D eigenvalue weighted by molar-refractivity contribution is 9.10. The van der Waals surface area contributed by atoms with E-state index in [9.17, 15) is 9.18 Å². The molecule has 128 valence electrons. The molecule has 0 spiro atoms. The summed E-state index contributed by atoms with van der Waals surface area (Å²) in [5, 5.41) is 4.35. The molecule has 0 saturated carbocycles. The first-order valence-corrected chi connectivity index (χ1v) is 8.42. The number of aryl methyl sites for hydroxylation is 1. The van der Waals surface area contributed by atoms with Gasteiger partial charge in [-0.25, -0.2) is 4.39 Å². The van der Waals surface area contributed by atoms with Gasteiger partial charge in [0.2, 0.25) is 11.7 Å². The van der Waals surface area contributed by atoms with Crippen LogP contribution in [0.25, 0.3) is 11.4 Å². The second-order valence-electron chi connectivity index (χ2n) is 5.07. The standard InChI is InChI=1S/C17H11BrClFN2O3/c18-13-9-11(19)3-6-14(13)24-16(23)8-7-15-21-17(22-25-15)10-1-4-12(20)5-2-10/h1-6,9H,7-8H2. The number of benzene rings is 2. The maximum absolute atomic E-state index is 12.9. The normalized spacial score (nSPS) is 10.7. The number of hydrogen-bond donors (Lipinski definition) is 0. The van der Waals surface area contributed by atoms with Crippen LogP contribution in [0.2, 0.25) is 5.02 Å². The minimum absolute atomic E-state index is 0.0696. The molecule has 0 atom stereocenters. The summed E-state index contributed by atoms with van der Waals surface area (Å²) in [4.78, 5) is 16.1. The minimum atomic E-state index is -0.440. The molecule has 8 heteroatoms. The number of rotatable bonds is 5. The predicted molar refractivity (Wildman–Crippen MR) is 92.8 cm³/mol. The van der Waals surface area contributed by atoms with Crippen LogP contribution >= 0.6 is 27.5 Å². The van der Waals surface area contributed by atoms with Crippen LogP contribution in [-0.2, 0) is 11.2 Å². The fourth-order valence-electron chi connectivity index (χ4n) is 2.01. The van der Waals surface area contributed by atoms with Gasteiger partial charge in [-0.3, -0.25) is 4.79 Å². The lowest BCUT2D eigenvalue weighted by Gasteiger charge is -2.05. The molecule has 0 N–H and O–H groups in total. The molecule has 0 unspecified atom stereocenters. The molecule has 3 rings (SSSR count). The van der Waals surface area contributed by atoms with Crippen LogP contribution in [0, 0.1) is 5.82 Å². The van der Waals surface area contributed by atoms with E-state index in [1.807, 2.05) is 0 Å². The van der Waals surface area contributed by atoms with Gasteiger partial charge in [0, 0.05) is 17.0 Å². The fourth-order valence-corrected chi connectivity index (χ4v) is 2.78. The Balaban J connectivity index is 1.58. The van der Waals surface area contributed by atoms with E-state index in [-0.39, 0.29) is 18.7 Å². The third-order valence-corrected chi connectivity index (χ3v) is 4.09. The van der Waals surface area contributed by atoms with E-state index < -0.39 is 5.97 Å². The lowest BCUT2D eigenvalue weighted by atomic mass is 10.2. The van der Waals surface area contributed by atoms with Gasteiger partial charge in [-0.15, -0.1) is 0 Å². The molecule has 0 saturated heterocycles. The summed E-state index contributed by atoms with van der Waals surface area (Å²) in [7, 11) is 0. The van der Waals surface area contributed by atoms with Crippen molar-refractivity contribution in [2.45, 2.75) is 12.8 Å². The summed E-state index contributed by atoms with van der Waals surface area (Å²) < 4.78 is 23.9. The van der Waals surface area contributed by atoms with Crippen molar-refractivity contribution in [3.8, 4) is 17.1 Å². The molecule has 25 heavy (non-hydrogen) atoms. The first-order valence-electron chi connectivity index (χ1n) is 7.25. The highest BCUT2D eigenvalue weighted by Crippen LogP contribution is 2.28. The van der Waals surface area contributed by atoms with E-state index in [2.05, 4.69) is 26.1 Å². The molecule has 0 fully saturated rings. The SMILES string of the molecule is O=C(CCc1nc(-c2ccc(F)cc2)no1)Oc1ccc(Cl)cc1Br. The van der Waals surface area contributed by atoms with Crippen molar-refractivity contribution in [2.24, 2.45) is 0 Å². The molecule has 3 aromatic rings. The Morgan fingerprint density at radius 1 is 1.24 bits per heavy atom. The second-order valence-corrected chi connectivity index (χ2v) is 6.36. The van der Waals surface area contributed by atoms with Gasteiger partial charge in [0.15, 0.2) is 0 Å². The number of halogens is 3. The van der Waals surface area contributed by atoms with Crippen molar-refractivity contribution >= 4 is 33.5 Å². The number of carbonyl (C=O) groups excluding carboxylic acids is 1. The minimum Gasteiger partial charge on any atom is -0.425 e. The lowest BCUT2D eigenvalue weighted by molar-refractivity contribution is -0.134. The smallest absolute Gasteiger partial charge is 0.311 e. The molecule has 5 nitrogen and oxygen atoms in total. The predicted octanol–water partition coefficient (Wildman–Crippen LogP) is 4.83. The molecule has 2 aromatic carbocycles. The summed E-state index contributed by atoms with van der Waals surface area (Å²) in [5.74, 6) is 0.232. The van der Waals surface area contributed by atoms with Gasteiger partial charge in [-0.2, -0.15) is 4.98 Å². The molecule has 0 bridgehead atoms. The number of ether oxygens (including phenoxy) is 1. The third-order valence-electron chi connectivity index (χ3n) is 3.23. The van der Waals surface area contributed by atoms with Crippen molar-refractivity contribution in [3.63, 3.8) is 0 Å². The van der Waals surface area contributed by atoms with Crippen LogP contribution in [0.15, 0.2) is 51.5 Å². The zero-order valence-corrected chi connectivity index (χ0v) is 15.1. The van der Waals surface area contributed by atoms with E-state index >= 15 is 0 Å². The Labute approximate surface area is 155 Å². The van der Waals surface area contributed by atoms with Gasteiger partial charge >= 0.3 is 5.97 Å². The van der Waals surface area contributed by atoms with Crippen molar-refractivity contribution < 1.29 is 18.4 Å². The Bertz CT molecular complexity index is 899. The second kappa shape index (κ2) is 7.76. The van der Waals surface area contributed by atoms with E-state index in [1.54, 1.807) is 30.3 Å². The fraction of sp³-hybridized carbons (Fsp3) is 0.118. The quantitative estimate of drug-likeness (QED) is 0.433. The molecule has 0 aliphatic rings. The zero-order chi connectivity index (χ0) is 17.8. The maximum Gasteiger partial charge on any atom is 0.311 e. The largest absolute Gasteiger partial charge is 0.425 e. The van der Waals surface area contributed by atoms with Crippen LogP contribution in [-0.4, -0.2) is 16.1 Å². The number of esters is 1. The van der Waals surface area contributed by atoms with E-state index in [0.717, 1.165) is 0 Å². The van der Waals surface area contributed by atoms with E-state index in [0.29, 0.717) is 32.5 Å². The summed E-state index contributed by atoms with van der Waals surface area (Å²) in [6, 6.07) is 10.6. The van der Waals surface area contributed by atoms with Crippen molar-refractivity contribution in [2.75, 3.05) is 0 Å². The molecular formula is C17H11BrClFN2O3. The molecule has 0 aliphatic heterocycles. The first-order chi connectivity index (χ1) is 12.0. The molecule has 1 aromatic heterocycles. The summed E-state index contributed by atoms with van der Waals surface area (Å²) in [6.07, 6.45) is 0.304. The monoisotopic (exact) mass is 424 g/mol. The van der Waals surface area contributed by atoms with Crippen molar-refractivity contribution in [3.05, 3.63) is 63.7 Å². The highest BCUT2D eigenvalue weighted by atomic mass is 79.9.